The molecule has 0 amide bonds. The maximum Gasteiger partial charge on any atom is 0.175 e. The van der Waals surface area contributed by atoms with Crippen LogP contribution in [0, 0.1) is 6.92 Å². The zero-order valence-electron chi connectivity index (χ0n) is 8.40. The molecule has 0 spiro atoms. The van der Waals surface area contributed by atoms with E-state index < -0.39 is 9.84 Å². The first-order chi connectivity index (χ1) is 6.02. The van der Waals surface area contributed by atoms with Gasteiger partial charge in [0.05, 0.1) is 4.90 Å². The van der Waals surface area contributed by atoms with Gasteiger partial charge in [-0.3, -0.25) is 4.98 Å². The Balaban J connectivity index is 0.000000671. The molecule has 74 valence electrons. The first-order valence-electron chi connectivity index (χ1n) is 4.12. The molecule has 0 radical (unpaired) electrons. The summed E-state index contributed by atoms with van der Waals surface area (Å²) < 4.78 is 22.1. The van der Waals surface area contributed by atoms with E-state index in [2.05, 4.69) is 4.98 Å². The van der Waals surface area contributed by atoms with E-state index in [1.165, 1.54) is 24.7 Å². The smallest absolute Gasteiger partial charge is 0.175 e. The maximum absolute atomic E-state index is 11.0. The van der Waals surface area contributed by atoms with E-state index in [0.29, 0.717) is 10.5 Å². The average molecular weight is 201 g/mol. The van der Waals surface area contributed by atoms with Crippen molar-refractivity contribution in [1.82, 2.24) is 4.98 Å². The summed E-state index contributed by atoms with van der Waals surface area (Å²) >= 11 is 0. The molecule has 1 aromatic heterocycles. The van der Waals surface area contributed by atoms with Crippen molar-refractivity contribution in [2.24, 2.45) is 0 Å². The van der Waals surface area contributed by atoms with Crippen molar-refractivity contribution < 1.29 is 8.42 Å². The summed E-state index contributed by atoms with van der Waals surface area (Å²) in [5, 5.41) is 0. The van der Waals surface area contributed by atoms with E-state index in [4.69, 9.17) is 0 Å². The summed E-state index contributed by atoms with van der Waals surface area (Å²) in [4.78, 5) is 4.15. The van der Waals surface area contributed by atoms with E-state index in [1.807, 2.05) is 13.8 Å². The summed E-state index contributed by atoms with van der Waals surface area (Å²) in [5.41, 5.74) is 0.690. The van der Waals surface area contributed by atoms with Gasteiger partial charge in [0.1, 0.15) is 0 Å². The minimum atomic E-state index is -3.07. The number of hydrogen-bond donors (Lipinski definition) is 0. The highest BCUT2D eigenvalue weighted by molar-refractivity contribution is 7.90. The van der Waals surface area contributed by atoms with Crippen molar-refractivity contribution in [3.05, 3.63) is 24.0 Å². The van der Waals surface area contributed by atoms with Crippen LogP contribution in [0.1, 0.15) is 19.4 Å². The Labute approximate surface area is 79.7 Å². The molecular weight excluding hydrogens is 186 g/mol. The molecule has 0 fully saturated rings. The van der Waals surface area contributed by atoms with Crippen LogP contribution in [0.3, 0.4) is 0 Å². The Morgan fingerprint density at radius 3 is 2.15 bits per heavy atom. The molecule has 0 aliphatic rings. The second kappa shape index (κ2) is 4.97. The molecule has 0 N–H and O–H groups in total. The maximum atomic E-state index is 11.0. The Hall–Kier alpha value is -0.900. The van der Waals surface area contributed by atoms with Crippen molar-refractivity contribution in [1.29, 1.82) is 0 Å². The third kappa shape index (κ3) is 3.55. The van der Waals surface area contributed by atoms with Crippen LogP contribution in [0.15, 0.2) is 23.4 Å². The molecule has 0 saturated heterocycles. The Morgan fingerprint density at radius 1 is 1.31 bits per heavy atom. The average Bonchev–Trinajstić information content (AvgIpc) is 2.07. The van der Waals surface area contributed by atoms with Gasteiger partial charge in [-0.15, -0.1) is 0 Å². The van der Waals surface area contributed by atoms with Crippen molar-refractivity contribution in [2.75, 3.05) is 6.26 Å². The van der Waals surface area contributed by atoms with Crippen molar-refractivity contribution in [2.45, 2.75) is 25.7 Å². The molecule has 3 nitrogen and oxygen atoms in total. The Bertz CT molecular complexity index is 358. The van der Waals surface area contributed by atoms with E-state index in [0.717, 1.165) is 0 Å². The monoisotopic (exact) mass is 201 g/mol. The fraction of sp³-hybridized carbons (Fsp3) is 0.444. The molecule has 1 rings (SSSR count). The quantitative estimate of drug-likeness (QED) is 0.696. The van der Waals surface area contributed by atoms with Crippen LogP contribution in [0.5, 0.6) is 0 Å². The number of nitrogens with zero attached hydrogens (tertiary/aromatic N) is 1. The Kier molecular flexibility index (Phi) is 4.62. The summed E-state index contributed by atoms with van der Waals surface area (Å²) in [6.45, 7) is 5.73. The van der Waals surface area contributed by atoms with Crippen LogP contribution < -0.4 is 0 Å². The third-order valence-corrected chi connectivity index (χ3v) is 2.63. The van der Waals surface area contributed by atoms with Gasteiger partial charge in [-0.2, -0.15) is 0 Å². The van der Waals surface area contributed by atoms with Gasteiger partial charge in [-0.1, -0.05) is 13.8 Å². The number of aryl methyl sites for hydroxylation is 1. The minimum Gasteiger partial charge on any atom is -0.264 e. The number of sulfone groups is 1. The largest absolute Gasteiger partial charge is 0.264 e. The third-order valence-electron chi connectivity index (χ3n) is 1.37. The zero-order valence-corrected chi connectivity index (χ0v) is 9.22. The highest BCUT2D eigenvalue weighted by atomic mass is 32.2. The van der Waals surface area contributed by atoms with Crippen LogP contribution >= 0.6 is 0 Å². The van der Waals surface area contributed by atoms with E-state index in [-0.39, 0.29) is 0 Å². The zero-order chi connectivity index (χ0) is 10.5. The molecule has 0 atom stereocenters. The van der Waals surface area contributed by atoms with Crippen LogP contribution in [0.25, 0.3) is 0 Å². The molecule has 0 unspecified atom stereocenters. The SMILES string of the molecule is CC.Cc1cnccc1S(C)(=O)=O. The molecular formula is C9H15NO2S. The number of aromatic nitrogens is 1. The first kappa shape index (κ1) is 12.1. The minimum absolute atomic E-state index is 0.354. The van der Waals surface area contributed by atoms with E-state index in [1.54, 1.807) is 6.92 Å². The first-order valence-corrected chi connectivity index (χ1v) is 6.01. The lowest BCUT2D eigenvalue weighted by molar-refractivity contribution is 0.601. The molecule has 1 heterocycles. The second-order valence-corrected chi connectivity index (χ2v) is 4.40. The van der Waals surface area contributed by atoms with Crippen LogP contribution in [0.4, 0.5) is 0 Å². The van der Waals surface area contributed by atoms with Gasteiger partial charge in [0, 0.05) is 18.6 Å². The van der Waals surface area contributed by atoms with Crippen LogP contribution in [-0.2, 0) is 9.84 Å². The topological polar surface area (TPSA) is 47.0 Å². The van der Waals surface area contributed by atoms with E-state index >= 15 is 0 Å². The molecule has 0 bridgehead atoms. The predicted molar refractivity (Wildman–Crippen MR) is 53.4 cm³/mol. The fourth-order valence-corrected chi connectivity index (χ4v) is 1.82. The van der Waals surface area contributed by atoms with Crippen molar-refractivity contribution >= 4 is 9.84 Å². The van der Waals surface area contributed by atoms with Crippen LogP contribution in [0.2, 0.25) is 0 Å². The summed E-state index contributed by atoms with van der Waals surface area (Å²) in [5.74, 6) is 0. The Morgan fingerprint density at radius 2 is 1.85 bits per heavy atom. The number of rotatable bonds is 1. The van der Waals surface area contributed by atoms with Crippen LogP contribution in [-0.4, -0.2) is 19.7 Å². The lowest BCUT2D eigenvalue weighted by Crippen LogP contribution is -1.99. The second-order valence-electron chi connectivity index (χ2n) is 2.41. The van der Waals surface area contributed by atoms with Gasteiger partial charge < -0.3 is 0 Å². The number of pyridine rings is 1. The summed E-state index contributed by atoms with van der Waals surface area (Å²) in [7, 11) is -3.07. The van der Waals surface area contributed by atoms with E-state index in [9.17, 15) is 8.42 Å². The van der Waals surface area contributed by atoms with Gasteiger partial charge in [0.2, 0.25) is 0 Å². The van der Waals surface area contributed by atoms with Gasteiger partial charge in [-0.05, 0) is 18.6 Å². The highest BCUT2D eigenvalue weighted by Crippen LogP contribution is 2.11. The molecule has 0 saturated carbocycles. The standard InChI is InChI=1S/C7H9NO2S.C2H6/c1-6-5-8-4-3-7(6)11(2,9)10;1-2/h3-5H,1-2H3;1-2H3. The molecule has 13 heavy (non-hydrogen) atoms. The molecule has 0 aliphatic carbocycles. The lowest BCUT2D eigenvalue weighted by Gasteiger charge is -1.99. The highest BCUT2D eigenvalue weighted by Gasteiger charge is 2.08. The fourth-order valence-electron chi connectivity index (χ4n) is 0.877. The summed E-state index contributed by atoms with van der Waals surface area (Å²) in [6, 6.07) is 1.50. The van der Waals surface area contributed by atoms with Crippen molar-refractivity contribution in [3.8, 4) is 0 Å². The summed E-state index contributed by atoms with van der Waals surface area (Å²) in [6.07, 6.45) is 4.20. The van der Waals surface area contributed by atoms with Crippen molar-refractivity contribution in [3.63, 3.8) is 0 Å². The van der Waals surface area contributed by atoms with Gasteiger partial charge in [0.15, 0.2) is 9.84 Å². The lowest BCUT2D eigenvalue weighted by atomic mass is 10.3. The number of hydrogen-bond acceptors (Lipinski definition) is 3. The predicted octanol–water partition coefficient (Wildman–Crippen LogP) is 1.82. The van der Waals surface area contributed by atoms with Gasteiger partial charge in [-0.25, -0.2) is 8.42 Å². The normalized spacial score (nSPS) is 10.2. The van der Waals surface area contributed by atoms with Gasteiger partial charge >= 0.3 is 0 Å². The molecule has 1 aromatic rings. The molecule has 0 aliphatic heterocycles. The molecule has 4 heteroatoms. The van der Waals surface area contributed by atoms with Gasteiger partial charge in [0.25, 0.3) is 0 Å². The molecule has 0 aromatic carbocycles.